The van der Waals surface area contributed by atoms with Crippen LogP contribution in [0, 0.1) is 0 Å². The highest BCUT2D eigenvalue weighted by atomic mass is 32.1. The summed E-state index contributed by atoms with van der Waals surface area (Å²) in [5, 5.41) is 8.76. The molecule has 9 heteroatoms. The standard InChI is InChI=1S/C20H21N3O5S/c1-3-26-15-8-13-7-12(2)27-16(13)9-14(15)10-21-18(24)11-23-20(25)28-19(22-23)17-5-4-6-29-17/h4-6,8-9,12H,3,7,10-11H2,1-2H3,(H,21,24). The highest BCUT2D eigenvalue weighted by molar-refractivity contribution is 7.13. The number of nitrogens with zero attached hydrogens (tertiary/aromatic N) is 2. The van der Waals surface area contributed by atoms with Crippen LogP contribution in [0.4, 0.5) is 0 Å². The van der Waals surface area contributed by atoms with E-state index in [1.54, 1.807) is 6.07 Å². The molecule has 0 spiro atoms. The minimum absolute atomic E-state index is 0.126. The average Bonchev–Trinajstić information content (AvgIpc) is 3.40. The first-order valence-electron chi connectivity index (χ1n) is 9.37. The molecule has 1 amide bonds. The molecule has 3 heterocycles. The van der Waals surface area contributed by atoms with Crippen LogP contribution < -0.4 is 20.5 Å². The Morgan fingerprint density at radius 2 is 2.31 bits per heavy atom. The molecule has 0 fully saturated rings. The van der Waals surface area contributed by atoms with E-state index in [-0.39, 0.29) is 31.0 Å². The van der Waals surface area contributed by atoms with Gasteiger partial charge in [-0.2, -0.15) is 4.68 Å². The van der Waals surface area contributed by atoms with Gasteiger partial charge in [-0.25, -0.2) is 4.79 Å². The summed E-state index contributed by atoms with van der Waals surface area (Å²) in [5.41, 5.74) is 1.92. The minimum atomic E-state index is -0.668. The number of rotatable bonds is 7. The molecule has 1 aliphatic rings. The van der Waals surface area contributed by atoms with Gasteiger partial charge in [-0.15, -0.1) is 16.4 Å². The van der Waals surface area contributed by atoms with Crippen molar-refractivity contribution in [3.63, 3.8) is 0 Å². The Kier molecular flexibility index (Phi) is 5.39. The lowest BCUT2D eigenvalue weighted by molar-refractivity contribution is -0.122. The molecular weight excluding hydrogens is 394 g/mol. The maximum atomic E-state index is 12.4. The van der Waals surface area contributed by atoms with Crippen LogP contribution in [0.1, 0.15) is 25.0 Å². The summed E-state index contributed by atoms with van der Waals surface area (Å²) < 4.78 is 17.7. The number of hydrogen-bond donors (Lipinski definition) is 1. The second kappa shape index (κ2) is 8.12. The first-order valence-corrected chi connectivity index (χ1v) is 10.2. The number of fused-ring (bicyclic) bond motifs is 1. The molecule has 8 nitrogen and oxygen atoms in total. The quantitative estimate of drug-likeness (QED) is 0.637. The van der Waals surface area contributed by atoms with Crippen LogP contribution in [0.15, 0.2) is 38.9 Å². The van der Waals surface area contributed by atoms with Crippen molar-refractivity contribution < 1.29 is 18.7 Å². The van der Waals surface area contributed by atoms with Crippen molar-refractivity contribution >= 4 is 17.2 Å². The van der Waals surface area contributed by atoms with Gasteiger partial charge in [-0.3, -0.25) is 4.79 Å². The van der Waals surface area contributed by atoms with Crippen molar-refractivity contribution in [2.24, 2.45) is 0 Å². The highest BCUT2D eigenvalue weighted by Crippen LogP contribution is 2.35. The molecule has 1 aliphatic heterocycles. The van der Waals surface area contributed by atoms with E-state index in [1.165, 1.54) is 11.3 Å². The smallest absolute Gasteiger partial charge is 0.437 e. The maximum absolute atomic E-state index is 12.4. The van der Waals surface area contributed by atoms with Crippen molar-refractivity contribution in [1.82, 2.24) is 15.1 Å². The zero-order chi connectivity index (χ0) is 20.4. The molecule has 1 atom stereocenters. The predicted octanol–water partition coefficient (Wildman–Crippen LogP) is 2.60. The molecular formula is C20H21N3O5S. The predicted molar refractivity (Wildman–Crippen MR) is 107 cm³/mol. The topological polar surface area (TPSA) is 95.6 Å². The maximum Gasteiger partial charge on any atom is 0.437 e. The third-order valence-corrected chi connectivity index (χ3v) is 5.34. The monoisotopic (exact) mass is 415 g/mol. The summed E-state index contributed by atoms with van der Waals surface area (Å²) in [6.07, 6.45) is 0.963. The first-order chi connectivity index (χ1) is 14.0. The van der Waals surface area contributed by atoms with Gasteiger partial charge in [0.25, 0.3) is 5.89 Å². The van der Waals surface area contributed by atoms with Gasteiger partial charge < -0.3 is 19.2 Å². The summed E-state index contributed by atoms with van der Waals surface area (Å²) in [4.78, 5) is 25.1. The lowest BCUT2D eigenvalue weighted by Crippen LogP contribution is -2.31. The summed E-state index contributed by atoms with van der Waals surface area (Å²) in [6.45, 7) is 4.48. The second-order valence-electron chi connectivity index (χ2n) is 6.72. The van der Waals surface area contributed by atoms with E-state index in [4.69, 9.17) is 13.9 Å². The Hall–Kier alpha value is -3.07. The Morgan fingerprint density at radius 1 is 1.45 bits per heavy atom. The molecule has 29 heavy (non-hydrogen) atoms. The van der Waals surface area contributed by atoms with Gasteiger partial charge in [0.2, 0.25) is 5.91 Å². The van der Waals surface area contributed by atoms with Crippen molar-refractivity contribution in [3.05, 3.63) is 51.3 Å². The number of hydrogen-bond acceptors (Lipinski definition) is 7. The van der Waals surface area contributed by atoms with Crippen molar-refractivity contribution in [2.45, 2.75) is 39.5 Å². The molecule has 0 bridgehead atoms. The number of amides is 1. The SMILES string of the molecule is CCOc1cc2c(cc1CNC(=O)Cn1nc(-c3cccs3)oc1=O)OC(C)C2. The van der Waals surface area contributed by atoms with E-state index >= 15 is 0 Å². The normalized spacial score (nSPS) is 15.0. The lowest BCUT2D eigenvalue weighted by atomic mass is 10.1. The summed E-state index contributed by atoms with van der Waals surface area (Å²) in [7, 11) is 0. The lowest BCUT2D eigenvalue weighted by Gasteiger charge is -2.13. The number of ether oxygens (including phenoxy) is 2. The molecule has 0 aliphatic carbocycles. The molecule has 3 aromatic rings. The third kappa shape index (κ3) is 4.19. The van der Waals surface area contributed by atoms with Crippen LogP contribution in [-0.2, 0) is 24.3 Å². The molecule has 0 radical (unpaired) electrons. The Morgan fingerprint density at radius 3 is 3.07 bits per heavy atom. The van der Waals surface area contributed by atoms with E-state index in [9.17, 15) is 9.59 Å². The van der Waals surface area contributed by atoms with Gasteiger partial charge in [-0.1, -0.05) is 6.07 Å². The first kappa shape index (κ1) is 19.3. The highest BCUT2D eigenvalue weighted by Gasteiger charge is 2.22. The fraction of sp³-hybridized carbons (Fsp3) is 0.350. The number of carbonyl (C=O) groups is 1. The number of nitrogens with one attached hydrogen (secondary N) is 1. The van der Waals surface area contributed by atoms with Gasteiger partial charge in [0.15, 0.2) is 0 Å². The fourth-order valence-electron chi connectivity index (χ4n) is 3.20. The summed E-state index contributed by atoms with van der Waals surface area (Å²) >= 11 is 1.41. The van der Waals surface area contributed by atoms with Gasteiger partial charge in [0, 0.05) is 24.1 Å². The van der Waals surface area contributed by atoms with E-state index in [1.807, 2.05) is 37.4 Å². The van der Waals surface area contributed by atoms with Gasteiger partial charge in [0.1, 0.15) is 24.1 Å². The van der Waals surface area contributed by atoms with Crippen molar-refractivity contribution in [3.8, 4) is 22.3 Å². The molecule has 1 unspecified atom stereocenters. The minimum Gasteiger partial charge on any atom is -0.494 e. The van der Waals surface area contributed by atoms with Crippen molar-refractivity contribution in [1.29, 1.82) is 0 Å². The van der Waals surface area contributed by atoms with Gasteiger partial charge >= 0.3 is 5.76 Å². The molecule has 1 N–H and O–H groups in total. The summed E-state index contributed by atoms with van der Waals surface area (Å²) in [6, 6.07) is 7.51. The molecule has 4 rings (SSSR count). The van der Waals surface area contributed by atoms with Crippen LogP contribution >= 0.6 is 11.3 Å². The fourth-order valence-corrected chi connectivity index (χ4v) is 3.85. The molecule has 0 saturated heterocycles. The molecule has 2 aromatic heterocycles. The second-order valence-corrected chi connectivity index (χ2v) is 7.67. The zero-order valence-corrected chi connectivity index (χ0v) is 17.0. The number of aromatic nitrogens is 2. The Bertz CT molecular complexity index is 1070. The number of carbonyl (C=O) groups excluding carboxylic acids is 1. The Labute approximate surface area is 171 Å². The van der Waals surface area contributed by atoms with Crippen LogP contribution in [-0.4, -0.2) is 28.4 Å². The molecule has 152 valence electrons. The van der Waals surface area contributed by atoms with E-state index in [2.05, 4.69) is 10.4 Å². The van der Waals surface area contributed by atoms with Crippen LogP contribution in [0.25, 0.3) is 10.8 Å². The number of benzene rings is 1. The van der Waals surface area contributed by atoms with Crippen molar-refractivity contribution in [2.75, 3.05) is 6.61 Å². The largest absolute Gasteiger partial charge is 0.494 e. The van der Waals surface area contributed by atoms with Crippen LogP contribution in [0.5, 0.6) is 11.5 Å². The third-order valence-electron chi connectivity index (χ3n) is 4.49. The Balaban J connectivity index is 1.44. The summed E-state index contributed by atoms with van der Waals surface area (Å²) in [5.74, 6) is 0.733. The molecule has 1 aromatic carbocycles. The van der Waals surface area contributed by atoms with E-state index in [0.29, 0.717) is 6.61 Å². The van der Waals surface area contributed by atoms with Gasteiger partial charge in [-0.05, 0) is 37.4 Å². The number of thiophene rings is 1. The van der Waals surface area contributed by atoms with Gasteiger partial charge in [0.05, 0.1) is 11.5 Å². The van der Waals surface area contributed by atoms with Crippen LogP contribution in [0.3, 0.4) is 0 Å². The van der Waals surface area contributed by atoms with E-state index in [0.717, 1.165) is 38.6 Å². The van der Waals surface area contributed by atoms with E-state index < -0.39 is 5.76 Å². The van der Waals surface area contributed by atoms with Crippen LogP contribution in [0.2, 0.25) is 0 Å². The molecule has 0 saturated carbocycles. The average molecular weight is 415 g/mol. The zero-order valence-electron chi connectivity index (χ0n) is 16.1.